The zero-order chi connectivity index (χ0) is 23.1. The van der Waals surface area contributed by atoms with Crippen molar-refractivity contribution in [2.45, 2.75) is 19.2 Å². The summed E-state index contributed by atoms with van der Waals surface area (Å²) < 4.78 is 43.5. The zero-order valence-corrected chi connectivity index (χ0v) is 17.2. The number of ether oxygens (including phenoxy) is 1. The van der Waals surface area contributed by atoms with Gasteiger partial charge in [0.1, 0.15) is 18.2 Å². The summed E-state index contributed by atoms with van der Waals surface area (Å²) in [4.78, 5) is 20.4. The molecular formula is C22H17ClF3N3O3. The van der Waals surface area contributed by atoms with Crippen LogP contribution < -0.4 is 10.5 Å². The predicted octanol–water partition coefficient (Wildman–Crippen LogP) is 5.00. The number of hydrogen-bond acceptors (Lipinski definition) is 5. The number of halogens is 4. The first-order valence-electron chi connectivity index (χ1n) is 9.24. The number of benzene rings is 2. The van der Waals surface area contributed by atoms with Crippen molar-refractivity contribution in [2.24, 2.45) is 10.9 Å². The number of hydrogen-bond donors (Lipinski definition) is 1. The van der Waals surface area contributed by atoms with Crippen molar-refractivity contribution in [1.29, 1.82) is 0 Å². The lowest BCUT2D eigenvalue weighted by Gasteiger charge is -2.10. The Morgan fingerprint density at radius 2 is 1.78 bits per heavy atom. The second-order valence-electron chi connectivity index (χ2n) is 6.59. The van der Waals surface area contributed by atoms with Gasteiger partial charge in [0.05, 0.1) is 21.8 Å². The van der Waals surface area contributed by atoms with E-state index in [1.54, 1.807) is 54.6 Å². The molecule has 0 bridgehead atoms. The normalized spacial score (nSPS) is 11.8. The van der Waals surface area contributed by atoms with Crippen LogP contribution in [-0.4, -0.2) is 16.8 Å². The zero-order valence-electron chi connectivity index (χ0n) is 16.5. The van der Waals surface area contributed by atoms with Crippen LogP contribution in [0, 0.1) is 0 Å². The minimum atomic E-state index is -4.52. The van der Waals surface area contributed by atoms with Gasteiger partial charge in [0.2, 0.25) is 0 Å². The Balaban J connectivity index is 1.53. The number of oxime groups is 1. The van der Waals surface area contributed by atoms with Crippen molar-refractivity contribution in [2.75, 3.05) is 0 Å². The van der Waals surface area contributed by atoms with Gasteiger partial charge in [-0.3, -0.25) is 4.98 Å². The molecule has 0 fully saturated rings. The number of rotatable bonds is 7. The van der Waals surface area contributed by atoms with E-state index >= 15 is 0 Å². The molecule has 0 aliphatic carbocycles. The quantitative estimate of drug-likeness (QED) is 0.230. The molecule has 0 spiro atoms. The molecule has 0 atom stereocenters. The molecule has 0 saturated carbocycles. The third-order valence-corrected chi connectivity index (χ3v) is 4.51. The summed E-state index contributed by atoms with van der Waals surface area (Å²) in [7, 11) is 0. The third kappa shape index (κ3) is 6.45. The number of carbonyl (C=O) groups is 1. The molecule has 3 aromatic rings. The van der Waals surface area contributed by atoms with Gasteiger partial charge in [-0.05, 0) is 35.9 Å². The van der Waals surface area contributed by atoms with Crippen LogP contribution in [0.25, 0.3) is 0 Å². The van der Waals surface area contributed by atoms with Gasteiger partial charge in [-0.1, -0.05) is 47.1 Å². The molecule has 32 heavy (non-hydrogen) atoms. The molecule has 0 aliphatic heterocycles. The maximum absolute atomic E-state index is 12.7. The lowest BCUT2D eigenvalue weighted by Crippen LogP contribution is -2.16. The fourth-order valence-electron chi connectivity index (χ4n) is 2.55. The molecule has 0 saturated heterocycles. The average molecular weight is 464 g/mol. The highest BCUT2D eigenvalue weighted by molar-refractivity contribution is 6.31. The van der Waals surface area contributed by atoms with Crippen molar-refractivity contribution < 1.29 is 27.5 Å². The number of pyridine rings is 1. The van der Waals surface area contributed by atoms with Crippen molar-refractivity contribution in [3.05, 3.63) is 94.3 Å². The van der Waals surface area contributed by atoms with Crippen LogP contribution in [0.1, 0.15) is 27.2 Å². The number of carbonyl (C=O) groups excluding carboxylic acids is 1. The number of alkyl halides is 3. The van der Waals surface area contributed by atoms with Crippen LogP contribution in [0.5, 0.6) is 5.75 Å². The Labute approximate surface area is 186 Å². The van der Waals surface area contributed by atoms with Crippen molar-refractivity contribution in [1.82, 2.24) is 4.98 Å². The monoisotopic (exact) mass is 463 g/mol. The van der Waals surface area contributed by atoms with Gasteiger partial charge in [0, 0.05) is 12.6 Å². The van der Waals surface area contributed by atoms with Crippen LogP contribution >= 0.6 is 11.6 Å². The molecule has 2 N–H and O–H groups in total. The molecule has 0 radical (unpaired) electrons. The minimum Gasteiger partial charge on any atom is -0.487 e. The van der Waals surface area contributed by atoms with Gasteiger partial charge in [0.15, 0.2) is 0 Å². The van der Waals surface area contributed by atoms with Crippen LogP contribution in [0.3, 0.4) is 0 Å². The van der Waals surface area contributed by atoms with Crippen molar-refractivity contribution in [3.8, 4) is 5.75 Å². The smallest absolute Gasteiger partial charge is 0.417 e. The molecule has 0 amide bonds. The van der Waals surface area contributed by atoms with E-state index in [2.05, 4.69) is 10.1 Å². The maximum Gasteiger partial charge on any atom is 0.417 e. The van der Waals surface area contributed by atoms with Gasteiger partial charge in [-0.25, -0.2) is 4.79 Å². The number of aromatic nitrogens is 1. The lowest BCUT2D eigenvalue weighted by molar-refractivity contribution is -0.137. The number of nitrogens with two attached hydrogens (primary N) is 1. The van der Waals surface area contributed by atoms with Gasteiger partial charge in [-0.2, -0.15) is 13.2 Å². The molecule has 3 rings (SSSR count). The number of nitrogens with zero attached hydrogens (tertiary/aromatic N) is 2. The van der Waals surface area contributed by atoms with E-state index in [4.69, 9.17) is 26.9 Å². The summed E-state index contributed by atoms with van der Waals surface area (Å²) in [5.74, 6) is -0.0611. The SMILES string of the molecule is NC(Cc1ccc(OCc2ncc(C(F)(F)F)cc2Cl)cc1)=NOC(=O)c1ccccc1. The second-order valence-corrected chi connectivity index (χ2v) is 6.99. The highest BCUT2D eigenvalue weighted by atomic mass is 35.5. The molecule has 10 heteroatoms. The van der Waals surface area contributed by atoms with Gasteiger partial charge in [-0.15, -0.1) is 0 Å². The summed E-state index contributed by atoms with van der Waals surface area (Å²) in [5.41, 5.74) is 6.19. The Morgan fingerprint density at radius 3 is 2.41 bits per heavy atom. The maximum atomic E-state index is 12.7. The summed E-state index contributed by atoms with van der Waals surface area (Å²) in [6, 6.07) is 15.9. The lowest BCUT2D eigenvalue weighted by atomic mass is 10.1. The molecule has 1 heterocycles. The van der Waals surface area contributed by atoms with E-state index in [0.717, 1.165) is 11.6 Å². The Kier molecular flexibility index (Phi) is 7.32. The summed E-state index contributed by atoms with van der Waals surface area (Å²) in [6.07, 6.45) is -3.58. The van der Waals surface area contributed by atoms with Gasteiger partial charge < -0.3 is 15.3 Å². The Hall–Kier alpha value is -3.59. The number of amidine groups is 1. The molecular weight excluding hydrogens is 447 g/mol. The van der Waals surface area contributed by atoms with Crippen LogP contribution in [0.15, 0.2) is 72.0 Å². The Bertz CT molecular complexity index is 1100. The average Bonchev–Trinajstić information content (AvgIpc) is 2.77. The van der Waals surface area contributed by atoms with Gasteiger partial charge in [0.25, 0.3) is 0 Å². The molecule has 0 aliphatic rings. The fourth-order valence-corrected chi connectivity index (χ4v) is 2.77. The largest absolute Gasteiger partial charge is 0.487 e. The highest BCUT2D eigenvalue weighted by Crippen LogP contribution is 2.31. The minimum absolute atomic E-state index is 0.101. The predicted molar refractivity (Wildman–Crippen MR) is 112 cm³/mol. The first kappa shape index (κ1) is 23.1. The van der Waals surface area contributed by atoms with Gasteiger partial charge >= 0.3 is 12.1 Å². The highest BCUT2D eigenvalue weighted by Gasteiger charge is 2.31. The van der Waals surface area contributed by atoms with E-state index in [0.29, 0.717) is 17.5 Å². The van der Waals surface area contributed by atoms with Crippen LogP contribution in [0.4, 0.5) is 13.2 Å². The third-order valence-electron chi connectivity index (χ3n) is 4.18. The molecule has 166 valence electrons. The van der Waals surface area contributed by atoms with Crippen LogP contribution in [0.2, 0.25) is 5.02 Å². The second kappa shape index (κ2) is 10.1. The molecule has 1 aromatic heterocycles. The van der Waals surface area contributed by atoms with E-state index in [-0.39, 0.29) is 29.6 Å². The Morgan fingerprint density at radius 1 is 1.09 bits per heavy atom. The molecule has 2 aromatic carbocycles. The summed E-state index contributed by atoms with van der Waals surface area (Å²) in [6.45, 7) is -0.102. The summed E-state index contributed by atoms with van der Waals surface area (Å²) in [5, 5.41) is 3.51. The molecule has 0 unspecified atom stereocenters. The molecule has 6 nitrogen and oxygen atoms in total. The first-order chi connectivity index (χ1) is 15.2. The van der Waals surface area contributed by atoms with Crippen molar-refractivity contribution in [3.63, 3.8) is 0 Å². The standard InChI is InChI=1S/C22H17ClF3N3O3/c23-18-11-16(22(24,25)26)12-28-19(18)13-31-17-8-6-14(7-9-17)10-20(27)29-32-21(30)15-4-2-1-3-5-15/h1-9,11-12H,10,13H2,(H2,27,29). The van der Waals surface area contributed by atoms with E-state index in [1.807, 2.05) is 0 Å². The van der Waals surface area contributed by atoms with E-state index in [9.17, 15) is 18.0 Å². The topological polar surface area (TPSA) is 86.8 Å². The van der Waals surface area contributed by atoms with E-state index < -0.39 is 17.7 Å². The fraction of sp³-hybridized carbons (Fsp3) is 0.136. The summed E-state index contributed by atoms with van der Waals surface area (Å²) >= 11 is 5.87. The first-order valence-corrected chi connectivity index (χ1v) is 9.62. The van der Waals surface area contributed by atoms with E-state index in [1.165, 1.54) is 0 Å². The van der Waals surface area contributed by atoms with Crippen molar-refractivity contribution >= 4 is 23.4 Å². The van der Waals surface area contributed by atoms with Crippen LogP contribution in [-0.2, 0) is 24.0 Å².